The lowest BCUT2D eigenvalue weighted by atomic mass is 10.3. The minimum atomic E-state index is -0.657. The summed E-state index contributed by atoms with van der Waals surface area (Å²) in [6.07, 6.45) is 1.98. The molecule has 0 aromatic heterocycles. The number of esters is 2. The van der Waals surface area contributed by atoms with Crippen LogP contribution in [0.1, 0.15) is 20.8 Å². The van der Waals surface area contributed by atoms with E-state index in [4.69, 9.17) is 4.74 Å². The maximum atomic E-state index is 11.1. The highest BCUT2D eigenvalue weighted by Crippen LogP contribution is 1.89. The van der Waals surface area contributed by atoms with Crippen LogP contribution in [0.4, 0.5) is 0 Å². The van der Waals surface area contributed by atoms with Gasteiger partial charge in [-0.3, -0.25) is 4.79 Å². The third-order valence-electron chi connectivity index (χ3n) is 1.57. The van der Waals surface area contributed by atoms with Gasteiger partial charge < -0.3 is 14.8 Å². The van der Waals surface area contributed by atoms with Crippen LogP contribution >= 0.6 is 0 Å². The molecule has 1 atom stereocenters. The molecular formula is C11H17NO5. The van der Waals surface area contributed by atoms with Crippen LogP contribution in [0.5, 0.6) is 0 Å². The smallest absolute Gasteiger partial charge is 0.331 e. The summed E-state index contributed by atoms with van der Waals surface area (Å²) in [7, 11) is 0. The van der Waals surface area contributed by atoms with Gasteiger partial charge in [0, 0.05) is 19.1 Å². The van der Waals surface area contributed by atoms with E-state index < -0.39 is 11.9 Å². The summed E-state index contributed by atoms with van der Waals surface area (Å²) < 4.78 is 9.36. The van der Waals surface area contributed by atoms with E-state index in [9.17, 15) is 14.4 Å². The molecule has 0 aliphatic heterocycles. The average molecular weight is 243 g/mol. The second kappa shape index (κ2) is 8.32. The quantitative estimate of drug-likeness (QED) is 0.531. The molecule has 0 saturated heterocycles. The number of hydrogen-bond donors (Lipinski definition) is 1. The number of nitrogens with one attached hydrogen (secondary N) is 1. The van der Waals surface area contributed by atoms with E-state index in [0.29, 0.717) is 0 Å². The average Bonchev–Trinajstić information content (AvgIpc) is 2.23. The lowest BCUT2D eigenvalue weighted by Gasteiger charge is -2.11. The van der Waals surface area contributed by atoms with E-state index in [2.05, 4.69) is 10.1 Å². The van der Waals surface area contributed by atoms with Crippen molar-refractivity contribution in [3.8, 4) is 0 Å². The maximum Gasteiger partial charge on any atom is 0.331 e. The Balaban J connectivity index is 3.87. The lowest BCUT2D eigenvalue weighted by molar-refractivity contribution is -0.140. The molecule has 6 nitrogen and oxygen atoms in total. The Labute approximate surface area is 100.0 Å². The number of carbonyl (C=O) groups excluding carboxylic acids is 3. The zero-order valence-electron chi connectivity index (χ0n) is 10.2. The topological polar surface area (TPSA) is 81.7 Å². The Morgan fingerprint density at radius 1 is 1.18 bits per heavy atom. The molecule has 96 valence electrons. The fourth-order valence-corrected chi connectivity index (χ4v) is 0.970. The molecule has 0 aromatic rings. The zero-order chi connectivity index (χ0) is 13.3. The molecule has 1 unspecified atom stereocenters. The first kappa shape index (κ1) is 15.2. The van der Waals surface area contributed by atoms with Crippen LogP contribution in [-0.2, 0) is 23.9 Å². The van der Waals surface area contributed by atoms with Crippen LogP contribution in [0.3, 0.4) is 0 Å². The molecule has 1 N–H and O–H groups in total. The highest BCUT2D eigenvalue weighted by molar-refractivity contribution is 5.91. The zero-order valence-corrected chi connectivity index (χ0v) is 10.2. The summed E-state index contributed by atoms with van der Waals surface area (Å²) in [5, 5.41) is 2.55. The van der Waals surface area contributed by atoms with Gasteiger partial charge in [0.05, 0.1) is 12.6 Å². The highest BCUT2D eigenvalue weighted by Gasteiger charge is 2.06. The van der Waals surface area contributed by atoms with Crippen LogP contribution in [0.2, 0.25) is 0 Å². The van der Waals surface area contributed by atoms with E-state index in [1.165, 1.54) is 6.92 Å². The Morgan fingerprint density at radius 2 is 1.71 bits per heavy atom. The van der Waals surface area contributed by atoms with Crippen molar-refractivity contribution in [1.29, 1.82) is 0 Å². The lowest BCUT2D eigenvalue weighted by Crippen LogP contribution is -2.34. The first-order chi connectivity index (χ1) is 7.95. The fraction of sp³-hybridized carbons (Fsp3) is 0.545. The standard InChI is InChI=1S/C11H17NO5/c1-4-16-10(14)5-6-11(15)17-7-8(2)12-9(3)13/h5-6,8H,4,7H2,1-3H3,(H,12,13)/b6-5+. The van der Waals surface area contributed by atoms with Gasteiger partial charge in [0.15, 0.2) is 0 Å². The Bertz CT molecular complexity index is 311. The van der Waals surface area contributed by atoms with Crippen molar-refractivity contribution in [3.63, 3.8) is 0 Å². The minimum Gasteiger partial charge on any atom is -0.463 e. The molecule has 0 saturated carbocycles. The molecule has 0 fully saturated rings. The Morgan fingerprint density at radius 3 is 2.18 bits per heavy atom. The van der Waals surface area contributed by atoms with Crippen LogP contribution in [0.15, 0.2) is 12.2 Å². The van der Waals surface area contributed by atoms with Crippen molar-refractivity contribution >= 4 is 17.8 Å². The van der Waals surface area contributed by atoms with Crippen molar-refractivity contribution < 1.29 is 23.9 Å². The van der Waals surface area contributed by atoms with Gasteiger partial charge in [-0.15, -0.1) is 0 Å². The Hall–Kier alpha value is -1.85. The van der Waals surface area contributed by atoms with Crippen molar-refractivity contribution in [2.45, 2.75) is 26.8 Å². The summed E-state index contributed by atoms with van der Waals surface area (Å²) in [5.41, 5.74) is 0. The van der Waals surface area contributed by atoms with Gasteiger partial charge in [-0.2, -0.15) is 0 Å². The molecule has 0 aliphatic rings. The summed E-state index contributed by atoms with van der Waals surface area (Å²) >= 11 is 0. The van der Waals surface area contributed by atoms with E-state index in [-0.39, 0.29) is 25.2 Å². The second-order valence-electron chi connectivity index (χ2n) is 3.32. The molecule has 0 heterocycles. The monoisotopic (exact) mass is 243 g/mol. The third kappa shape index (κ3) is 9.10. The summed E-state index contributed by atoms with van der Waals surface area (Å²) in [5.74, 6) is -1.45. The molecule has 17 heavy (non-hydrogen) atoms. The van der Waals surface area contributed by atoms with Gasteiger partial charge in [0.1, 0.15) is 6.61 Å². The van der Waals surface area contributed by atoms with Gasteiger partial charge in [-0.1, -0.05) is 0 Å². The van der Waals surface area contributed by atoms with Gasteiger partial charge in [0.2, 0.25) is 5.91 Å². The largest absolute Gasteiger partial charge is 0.463 e. The van der Waals surface area contributed by atoms with Crippen molar-refractivity contribution in [2.24, 2.45) is 0 Å². The summed E-state index contributed by atoms with van der Waals surface area (Å²) in [4.78, 5) is 32.6. The minimum absolute atomic E-state index is 0.0472. The molecule has 0 rings (SSSR count). The fourth-order valence-electron chi connectivity index (χ4n) is 0.970. The van der Waals surface area contributed by atoms with Gasteiger partial charge in [-0.25, -0.2) is 9.59 Å². The number of hydrogen-bond acceptors (Lipinski definition) is 5. The number of rotatable bonds is 6. The Kier molecular flexibility index (Phi) is 7.41. The molecular weight excluding hydrogens is 226 g/mol. The predicted molar refractivity (Wildman–Crippen MR) is 60.0 cm³/mol. The van der Waals surface area contributed by atoms with Crippen molar-refractivity contribution in [2.75, 3.05) is 13.2 Å². The van der Waals surface area contributed by atoms with Crippen molar-refractivity contribution in [1.82, 2.24) is 5.32 Å². The van der Waals surface area contributed by atoms with Gasteiger partial charge in [-0.05, 0) is 13.8 Å². The third-order valence-corrected chi connectivity index (χ3v) is 1.57. The van der Waals surface area contributed by atoms with E-state index >= 15 is 0 Å². The van der Waals surface area contributed by atoms with Crippen LogP contribution in [0.25, 0.3) is 0 Å². The molecule has 0 radical (unpaired) electrons. The van der Waals surface area contributed by atoms with Crippen LogP contribution < -0.4 is 5.32 Å². The van der Waals surface area contributed by atoms with Crippen LogP contribution in [-0.4, -0.2) is 37.1 Å². The van der Waals surface area contributed by atoms with Crippen molar-refractivity contribution in [3.05, 3.63) is 12.2 Å². The first-order valence-corrected chi connectivity index (χ1v) is 5.24. The highest BCUT2D eigenvalue weighted by atomic mass is 16.5. The molecule has 1 amide bonds. The maximum absolute atomic E-state index is 11.1. The van der Waals surface area contributed by atoms with E-state index in [1.54, 1.807) is 13.8 Å². The molecule has 0 bridgehead atoms. The molecule has 0 spiro atoms. The predicted octanol–water partition coefficient (Wildman–Crippen LogP) is 0.173. The normalized spacial score (nSPS) is 11.9. The van der Waals surface area contributed by atoms with Gasteiger partial charge in [0.25, 0.3) is 0 Å². The molecule has 0 aromatic carbocycles. The first-order valence-electron chi connectivity index (χ1n) is 5.24. The van der Waals surface area contributed by atoms with Crippen LogP contribution in [0, 0.1) is 0 Å². The summed E-state index contributed by atoms with van der Waals surface area (Å²) in [6.45, 7) is 5.03. The van der Waals surface area contributed by atoms with E-state index in [1.807, 2.05) is 0 Å². The molecule has 0 aliphatic carbocycles. The SMILES string of the molecule is CCOC(=O)/C=C/C(=O)OCC(C)NC(C)=O. The number of ether oxygens (including phenoxy) is 2. The number of amides is 1. The van der Waals surface area contributed by atoms with Gasteiger partial charge >= 0.3 is 11.9 Å². The molecule has 6 heteroatoms. The van der Waals surface area contributed by atoms with E-state index in [0.717, 1.165) is 12.2 Å². The number of carbonyl (C=O) groups is 3. The summed E-state index contributed by atoms with van der Waals surface area (Å²) in [6, 6.07) is -0.271. The second-order valence-corrected chi connectivity index (χ2v) is 3.32.